The van der Waals surface area contributed by atoms with Gasteiger partial charge >= 0.3 is 0 Å². The second kappa shape index (κ2) is 19.9. The molecule has 0 saturated heterocycles. The molecular formula is C82H52N6. The predicted molar refractivity (Wildman–Crippen MR) is 367 cm³/mol. The molecule has 18 rings (SSSR count). The molecule has 0 aliphatic rings. The Hall–Kier alpha value is -11.9. The van der Waals surface area contributed by atoms with Crippen molar-refractivity contribution in [3.63, 3.8) is 0 Å². The van der Waals surface area contributed by atoms with Gasteiger partial charge in [0.2, 0.25) is 0 Å². The van der Waals surface area contributed by atoms with Gasteiger partial charge < -0.3 is 18.3 Å². The second-order valence-electron chi connectivity index (χ2n) is 22.9. The largest absolute Gasteiger partial charge is 0.309 e. The first-order valence-corrected chi connectivity index (χ1v) is 30.0. The molecule has 5 aromatic heterocycles. The first-order chi connectivity index (χ1) is 43.6. The smallest absolute Gasteiger partial charge is 0.160 e. The Labute approximate surface area is 507 Å². The first kappa shape index (κ1) is 49.6. The Morgan fingerprint density at radius 3 is 0.864 bits per heavy atom. The van der Waals surface area contributed by atoms with Crippen LogP contribution in [0.25, 0.3) is 166 Å². The van der Waals surface area contributed by atoms with Crippen molar-refractivity contribution >= 4 is 87.2 Å². The minimum Gasteiger partial charge on any atom is -0.309 e. The minimum absolute atomic E-state index is 0.678. The molecule has 0 aliphatic carbocycles. The molecule has 0 aliphatic heterocycles. The lowest BCUT2D eigenvalue weighted by Crippen LogP contribution is -1.98. The van der Waals surface area contributed by atoms with Gasteiger partial charge in [0.25, 0.3) is 0 Å². The van der Waals surface area contributed by atoms with Crippen LogP contribution in [0, 0.1) is 0 Å². The minimum atomic E-state index is 0.678. The molecule has 0 saturated carbocycles. The molecule has 0 spiro atoms. The molecule has 0 unspecified atom stereocenters. The zero-order valence-corrected chi connectivity index (χ0v) is 47.7. The highest BCUT2D eigenvalue weighted by Crippen LogP contribution is 2.42. The van der Waals surface area contributed by atoms with E-state index in [1.54, 1.807) is 0 Å². The average Bonchev–Trinajstić information content (AvgIpc) is 2.07. The van der Waals surface area contributed by atoms with E-state index in [1.165, 1.54) is 87.4 Å². The zero-order chi connectivity index (χ0) is 57.8. The van der Waals surface area contributed by atoms with Gasteiger partial charge in [0.05, 0.1) is 55.5 Å². The fourth-order valence-electron chi connectivity index (χ4n) is 13.9. The number of aromatic nitrogens is 6. The molecule has 6 heteroatoms. The molecule has 410 valence electrons. The van der Waals surface area contributed by atoms with Crippen LogP contribution in [0.1, 0.15) is 0 Å². The molecule has 0 bridgehead atoms. The van der Waals surface area contributed by atoms with Crippen LogP contribution in [-0.2, 0) is 0 Å². The first-order valence-electron chi connectivity index (χ1n) is 30.0. The quantitative estimate of drug-likeness (QED) is 0.145. The van der Waals surface area contributed by atoms with Crippen molar-refractivity contribution in [2.45, 2.75) is 0 Å². The van der Waals surface area contributed by atoms with Crippen molar-refractivity contribution in [1.82, 2.24) is 28.2 Å². The summed E-state index contributed by atoms with van der Waals surface area (Å²) in [6, 6.07) is 114. The SMILES string of the molecule is c1ccc(-c2nc(-c3ccc(-n4c5ccccc5c5ccc(-c6ccc7c(c6)c6ccccc6n7-c6ccccc6)cc54)cc3)cc(-c3ccc(-n4c5ccccc5c5ccc(-c6ccc7c(c6)c6ccccc6n7-c6ccccc6)cc54)cc3)n2)cc1. The molecule has 6 nitrogen and oxygen atoms in total. The number of para-hydroxylation sites is 6. The van der Waals surface area contributed by atoms with Gasteiger partial charge in [0.1, 0.15) is 0 Å². The normalized spacial score (nSPS) is 11.9. The summed E-state index contributed by atoms with van der Waals surface area (Å²) in [5.41, 5.74) is 23.2. The van der Waals surface area contributed by atoms with Crippen molar-refractivity contribution in [2.75, 3.05) is 0 Å². The Bertz CT molecular complexity index is 5440. The van der Waals surface area contributed by atoms with Gasteiger partial charge in [-0.3, -0.25) is 0 Å². The summed E-state index contributed by atoms with van der Waals surface area (Å²) in [5.74, 6) is 0.678. The van der Waals surface area contributed by atoms with Crippen LogP contribution in [0.15, 0.2) is 315 Å². The highest BCUT2D eigenvalue weighted by molar-refractivity contribution is 6.14. The average molecular weight is 1120 g/mol. The Balaban J connectivity index is 0.707. The van der Waals surface area contributed by atoms with Crippen LogP contribution >= 0.6 is 0 Å². The third-order valence-corrected chi connectivity index (χ3v) is 18.0. The Morgan fingerprint density at radius 1 is 0.170 bits per heavy atom. The maximum Gasteiger partial charge on any atom is 0.160 e. The summed E-state index contributed by atoms with van der Waals surface area (Å²) in [7, 11) is 0. The van der Waals surface area contributed by atoms with Gasteiger partial charge in [0.15, 0.2) is 5.82 Å². The van der Waals surface area contributed by atoms with Crippen LogP contribution in [0.4, 0.5) is 0 Å². The molecule has 18 aromatic rings. The Kier molecular flexibility index (Phi) is 11.2. The molecule has 0 amide bonds. The van der Waals surface area contributed by atoms with E-state index in [4.69, 9.17) is 9.97 Å². The molecule has 88 heavy (non-hydrogen) atoms. The lowest BCUT2D eigenvalue weighted by Gasteiger charge is -2.13. The fourth-order valence-corrected chi connectivity index (χ4v) is 13.9. The van der Waals surface area contributed by atoms with Gasteiger partial charge in [-0.1, -0.05) is 200 Å². The molecule has 0 N–H and O–H groups in total. The number of benzene rings is 13. The van der Waals surface area contributed by atoms with Crippen molar-refractivity contribution < 1.29 is 0 Å². The number of nitrogens with zero attached hydrogens (tertiary/aromatic N) is 6. The van der Waals surface area contributed by atoms with E-state index in [1.807, 2.05) is 6.07 Å². The van der Waals surface area contributed by atoms with Crippen LogP contribution in [0.5, 0.6) is 0 Å². The summed E-state index contributed by atoms with van der Waals surface area (Å²) < 4.78 is 9.56. The summed E-state index contributed by atoms with van der Waals surface area (Å²) in [4.78, 5) is 10.6. The molecule has 0 fully saturated rings. The molecule has 5 heterocycles. The van der Waals surface area contributed by atoms with Crippen LogP contribution in [0.2, 0.25) is 0 Å². The lowest BCUT2D eigenvalue weighted by molar-refractivity contribution is 1.16. The van der Waals surface area contributed by atoms with E-state index in [9.17, 15) is 0 Å². The summed E-state index contributed by atoms with van der Waals surface area (Å²) in [6.07, 6.45) is 0. The van der Waals surface area contributed by atoms with Gasteiger partial charge in [-0.2, -0.15) is 0 Å². The highest BCUT2D eigenvalue weighted by Gasteiger charge is 2.20. The highest BCUT2D eigenvalue weighted by atomic mass is 15.0. The van der Waals surface area contributed by atoms with E-state index < -0.39 is 0 Å². The number of rotatable bonds is 9. The fraction of sp³-hybridized carbons (Fsp3) is 0. The molecule has 0 atom stereocenters. The maximum atomic E-state index is 5.28. The van der Waals surface area contributed by atoms with Crippen LogP contribution in [-0.4, -0.2) is 28.2 Å². The van der Waals surface area contributed by atoms with Crippen molar-refractivity contribution in [3.8, 4) is 78.9 Å². The summed E-state index contributed by atoms with van der Waals surface area (Å²) in [5, 5.41) is 9.81. The van der Waals surface area contributed by atoms with Gasteiger partial charge in [-0.25, -0.2) is 9.97 Å². The second-order valence-corrected chi connectivity index (χ2v) is 22.9. The zero-order valence-electron chi connectivity index (χ0n) is 47.7. The predicted octanol–water partition coefficient (Wildman–Crippen LogP) is 21.2. The summed E-state index contributed by atoms with van der Waals surface area (Å²) in [6.45, 7) is 0. The van der Waals surface area contributed by atoms with E-state index >= 15 is 0 Å². The van der Waals surface area contributed by atoms with Crippen LogP contribution in [0.3, 0.4) is 0 Å². The van der Waals surface area contributed by atoms with E-state index in [2.05, 4.69) is 328 Å². The van der Waals surface area contributed by atoms with Crippen LogP contribution < -0.4 is 0 Å². The van der Waals surface area contributed by atoms with Crippen molar-refractivity contribution in [2.24, 2.45) is 0 Å². The van der Waals surface area contributed by atoms with Crippen molar-refractivity contribution in [3.05, 3.63) is 315 Å². The summed E-state index contributed by atoms with van der Waals surface area (Å²) >= 11 is 0. The number of hydrogen-bond acceptors (Lipinski definition) is 2. The molecule has 0 radical (unpaired) electrons. The molecule has 13 aromatic carbocycles. The topological polar surface area (TPSA) is 45.5 Å². The number of fused-ring (bicyclic) bond motifs is 12. The third kappa shape index (κ3) is 7.89. The van der Waals surface area contributed by atoms with Crippen molar-refractivity contribution in [1.29, 1.82) is 0 Å². The van der Waals surface area contributed by atoms with E-state index in [-0.39, 0.29) is 0 Å². The molecular weight excluding hydrogens is 1070 g/mol. The standard InChI is InChI=1S/C82H52N6/c1-4-18-55(19-5-1)82-83-72(53-32-40-62(41-33-53)87-74-28-14-10-24-64(74)68-44-36-58(50-80(68)87)56-38-46-78-70(48-56)66-26-12-16-30-76(66)85(78)60-20-6-2-7-21-60)52-73(84-82)54-34-42-63(43-35-54)88-75-29-15-11-25-65(75)69-45-37-59(51-81(69)88)57-39-47-79-71(49-57)67-27-13-17-31-77(67)86(79)61-22-8-3-9-23-61/h1-52H. The monoisotopic (exact) mass is 1120 g/mol. The van der Waals surface area contributed by atoms with E-state index in [0.29, 0.717) is 5.82 Å². The van der Waals surface area contributed by atoms with E-state index in [0.717, 1.165) is 72.9 Å². The van der Waals surface area contributed by atoms with Gasteiger partial charge in [-0.05, 0) is 138 Å². The van der Waals surface area contributed by atoms with Gasteiger partial charge in [0, 0.05) is 82.5 Å². The van der Waals surface area contributed by atoms with Gasteiger partial charge in [-0.15, -0.1) is 0 Å². The lowest BCUT2D eigenvalue weighted by atomic mass is 10.0. The third-order valence-electron chi connectivity index (χ3n) is 18.0. The Morgan fingerprint density at radius 2 is 0.455 bits per heavy atom. The number of hydrogen-bond donors (Lipinski definition) is 0. The maximum absolute atomic E-state index is 5.28.